The summed E-state index contributed by atoms with van der Waals surface area (Å²) in [5, 5.41) is 13.8. The van der Waals surface area contributed by atoms with Gasteiger partial charge < -0.3 is 20.5 Å². The molecule has 0 spiro atoms. The third-order valence-electron chi connectivity index (χ3n) is 2.06. The number of ether oxygens (including phenoxy) is 1. The van der Waals surface area contributed by atoms with E-state index in [0.717, 1.165) is 5.57 Å². The molecule has 0 aromatic carbocycles. The van der Waals surface area contributed by atoms with Gasteiger partial charge in [-0.1, -0.05) is 25.5 Å². The van der Waals surface area contributed by atoms with Gasteiger partial charge in [0.15, 0.2) is 0 Å². The van der Waals surface area contributed by atoms with Crippen LogP contribution >= 0.6 is 0 Å². The zero-order chi connectivity index (χ0) is 14.0. The Morgan fingerprint density at radius 3 is 2.61 bits per heavy atom. The van der Waals surface area contributed by atoms with E-state index in [-0.39, 0.29) is 0 Å². The van der Waals surface area contributed by atoms with Crippen LogP contribution in [0.15, 0.2) is 12.2 Å². The first-order valence-electron chi connectivity index (χ1n) is 5.96. The number of carboxylic acid groups (broad SMARTS) is 1. The van der Waals surface area contributed by atoms with Crippen molar-refractivity contribution in [2.45, 2.75) is 32.7 Å². The van der Waals surface area contributed by atoms with Gasteiger partial charge in [-0.15, -0.1) is 0 Å². The van der Waals surface area contributed by atoms with Crippen LogP contribution in [0.3, 0.4) is 0 Å². The number of amides is 2. The van der Waals surface area contributed by atoms with E-state index in [1.54, 1.807) is 0 Å². The van der Waals surface area contributed by atoms with Gasteiger partial charge in [-0.05, 0) is 13.3 Å². The van der Waals surface area contributed by atoms with Crippen LogP contribution < -0.4 is 10.6 Å². The number of rotatable bonds is 9. The first-order chi connectivity index (χ1) is 8.47. The molecule has 0 rings (SSSR count). The molecule has 18 heavy (non-hydrogen) atoms. The van der Waals surface area contributed by atoms with Crippen LogP contribution in [-0.2, 0) is 9.53 Å². The van der Waals surface area contributed by atoms with Crippen molar-refractivity contribution in [2.24, 2.45) is 0 Å². The Labute approximate surface area is 107 Å². The van der Waals surface area contributed by atoms with E-state index in [2.05, 4.69) is 17.2 Å². The number of nitrogens with one attached hydrogen (secondary N) is 2. The van der Waals surface area contributed by atoms with Crippen molar-refractivity contribution in [1.29, 1.82) is 0 Å². The average molecular weight is 258 g/mol. The first kappa shape index (κ1) is 16.4. The maximum Gasteiger partial charge on any atom is 0.326 e. The molecule has 0 aliphatic heterocycles. The van der Waals surface area contributed by atoms with E-state index >= 15 is 0 Å². The number of carboxylic acids is 1. The fraction of sp³-hybridized carbons (Fsp3) is 0.667. The van der Waals surface area contributed by atoms with Gasteiger partial charge in [0, 0.05) is 6.54 Å². The zero-order valence-electron chi connectivity index (χ0n) is 11.0. The molecule has 0 aliphatic carbocycles. The maximum atomic E-state index is 11.4. The molecule has 0 aromatic rings. The highest BCUT2D eigenvalue weighted by Gasteiger charge is 2.18. The fourth-order valence-corrected chi connectivity index (χ4v) is 1.24. The van der Waals surface area contributed by atoms with Crippen molar-refractivity contribution in [2.75, 3.05) is 19.8 Å². The predicted molar refractivity (Wildman–Crippen MR) is 68.5 cm³/mol. The van der Waals surface area contributed by atoms with Crippen LogP contribution in [0.5, 0.6) is 0 Å². The van der Waals surface area contributed by atoms with Crippen molar-refractivity contribution in [3.05, 3.63) is 12.2 Å². The molecule has 0 aliphatic rings. The van der Waals surface area contributed by atoms with Crippen LogP contribution in [0.25, 0.3) is 0 Å². The molecule has 0 radical (unpaired) electrons. The minimum absolute atomic E-state index is 0.331. The topological polar surface area (TPSA) is 87.7 Å². The second kappa shape index (κ2) is 9.47. The fourth-order valence-electron chi connectivity index (χ4n) is 1.24. The van der Waals surface area contributed by atoms with Crippen molar-refractivity contribution >= 4 is 12.0 Å². The van der Waals surface area contributed by atoms with E-state index < -0.39 is 18.0 Å². The number of carbonyl (C=O) groups excluding carboxylic acids is 1. The summed E-state index contributed by atoms with van der Waals surface area (Å²) in [4.78, 5) is 22.2. The molecular weight excluding hydrogens is 236 g/mol. The van der Waals surface area contributed by atoms with Gasteiger partial charge in [0.25, 0.3) is 0 Å². The van der Waals surface area contributed by atoms with Crippen LogP contribution in [0.2, 0.25) is 0 Å². The van der Waals surface area contributed by atoms with Gasteiger partial charge >= 0.3 is 12.0 Å². The van der Waals surface area contributed by atoms with Gasteiger partial charge in [-0.25, -0.2) is 9.59 Å². The zero-order valence-corrected chi connectivity index (χ0v) is 11.0. The Balaban J connectivity index is 3.74. The Kier molecular flexibility index (Phi) is 8.65. The lowest BCUT2D eigenvalue weighted by molar-refractivity contribution is -0.139. The summed E-state index contributed by atoms with van der Waals surface area (Å²) in [7, 11) is 0. The SMILES string of the molecule is C=C(C)COCCNC(=O)N[C@H](CCC)C(=O)O. The molecule has 104 valence electrons. The van der Waals surface area contributed by atoms with Gasteiger partial charge in [-0.3, -0.25) is 0 Å². The van der Waals surface area contributed by atoms with E-state index in [0.29, 0.717) is 32.6 Å². The second-order valence-electron chi connectivity index (χ2n) is 4.09. The van der Waals surface area contributed by atoms with E-state index in [1.807, 2.05) is 13.8 Å². The molecule has 1 atom stereocenters. The lowest BCUT2D eigenvalue weighted by atomic mass is 10.2. The molecule has 0 unspecified atom stereocenters. The number of hydrogen-bond donors (Lipinski definition) is 3. The Hall–Kier alpha value is -1.56. The highest BCUT2D eigenvalue weighted by Crippen LogP contribution is 1.96. The summed E-state index contributed by atoms with van der Waals surface area (Å²) in [5.41, 5.74) is 0.910. The summed E-state index contributed by atoms with van der Waals surface area (Å²) >= 11 is 0. The summed E-state index contributed by atoms with van der Waals surface area (Å²) in [5.74, 6) is -1.02. The van der Waals surface area contributed by atoms with E-state index in [1.165, 1.54) is 0 Å². The number of hydrogen-bond acceptors (Lipinski definition) is 3. The van der Waals surface area contributed by atoms with Crippen molar-refractivity contribution < 1.29 is 19.4 Å². The second-order valence-corrected chi connectivity index (χ2v) is 4.09. The molecule has 0 fully saturated rings. The summed E-state index contributed by atoms with van der Waals surface area (Å²) in [6, 6.07) is -1.33. The summed E-state index contributed by atoms with van der Waals surface area (Å²) in [6.07, 6.45) is 1.11. The van der Waals surface area contributed by atoms with Gasteiger partial charge in [-0.2, -0.15) is 0 Å². The lowest BCUT2D eigenvalue weighted by Crippen LogP contribution is -2.46. The van der Waals surface area contributed by atoms with Crippen LogP contribution in [-0.4, -0.2) is 42.9 Å². The molecule has 0 bridgehead atoms. The van der Waals surface area contributed by atoms with Crippen LogP contribution in [0.4, 0.5) is 4.79 Å². The minimum Gasteiger partial charge on any atom is -0.480 e. The number of aliphatic carboxylic acids is 1. The largest absolute Gasteiger partial charge is 0.480 e. The first-order valence-corrected chi connectivity index (χ1v) is 5.96. The molecule has 2 amide bonds. The minimum atomic E-state index is -1.02. The third kappa shape index (κ3) is 8.58. The standard InChI is InChI=1S/C12H22N2O4/c1-4-5-10(11(15)16)14-12(17)13-6-7-18-8-9(2)3/h10H,2,4-8H2,1,3H3,(H,15,16)(H2,13,14,17)/t10-/m1/s1. The van der Waals surface area contributed by atoms with Gasteiger partial charge in [0.05, 0.1) is 13.2 Å². The number of urea groups is 1. The average Bonchev–Trinajstić information content (AvgIpc) is 2.27. The Morgan fingerprint density at radius 1 is 1.44 bits per heavy atom. The highest BCUT2D eigenvalue weighted by atomic mass is 16.5. The van der Waals surface area contributed by atoms with Crippen LogP contribution in [0, 0.1) is 0 Å². The normalized spacial score (nSPS) is 11.7. The lowest BCUT2D eigenvalue weighted by Gasteiger charge is -2.14. The van der Waals surface area contributed by atoms with Crippen molar-refractivity contribution in [3.63, 3.8) is 0 Å². The molecule has 0 heterocycles. The third-order valence-corrected chi connectivity index (χ3v) is 2.06. The van der Waals surface area contributed by atoms with Crippen molar-refractivity contribution in [1.82, 2.24) is 10.6 Å². The molecule has 6 nitrogen and oxygen atoms in total. The van der Waals surface area contributed by atoms with Crippen molar-refractivity contribution in [3.8, 4) is 0 Å². The van der Waals surface area contributed by atoms with E-state index in [4.69, 9.17) is 9.84 Å². The van der Waals surface area contributed by atoms with Gasteiger partial charge in [0.2, 0.25) is 0 Å². The molecular formula is C12H22N2O4. The van der Waals surface area contributed by atoms with E-state index in [9.17, 15) is 9.59 Å². The molecule has 0 saturated carbocycles. The van der Waals surface area contributed by atoms with Crippen LogP contribution in [0.1, 0.15) is 26.7 Å². The number of carbonyl (C=O) groups is 2. The molecule has 0 saturated heterocycles. The Morgan fingerprint density at radius 2 is 2.11 bits per heavy atom. The maximum absolute atomic E-state index is 11.4. The van der Waals surface area contributed by atoms with Gasteiger partial charge in [0.1, 0.15) is 6.04 Å². The molecule has 6 heteroatoms. The monoisotopic (exact) mass is 258 g/mol. The molecule has 3 N–H and O–H groups in total. The summed E-state index contributed by atoms with van der Waals surface area (Å²) < 4.78 is 5.19. The smallest absolute Gasteiger partial charge is 0.326 e. The predicted octanol–water partition coefficient (Wildman–Crippen LogP) is 1.13. The molecule has 0 aromatic heterocycles. The summed E-state index contributed by atoms with van der Waals surface area (Å²) in [6.45, 7) is 8.54. The quantitative estimate of drug-likeness (QED) is 0.427. The highest BCUT2D eigenvalue weighted by molar-refractivity contribution is 5.82. The Bertz CT molecular complexity index is 292.